The van der Waals surface area contributed by atoms with Gasteiger partial charge in [-0.2, -0.15) is 0 Å². The van der Waals surface area contributed by atoms with Crippen LogP contribution in [-0.2, 0) is 4.79 Å². The van der Waals surface area contributed by atoms with Gasteiger partial charge >= 0.3 is 0 Å². The van der Waals surface area contributed by atoms with Gasteiger partial charge in [-0.3, -0.25) is 4.79 Å². The van der Waals surface area contributed by atoms with Crippen molar-refractivity contribution < 1.29 is 9.18 Å². The lowest BCUT2D eigenvalue weighted by Crippen LogP contribution is -2.43. The molecule has 1 aromatic rings. The molecule has 1 saturated carbocycles. The van der Waals surface area contributed by atoms with E-state index in [1.807, 2.05) is 0 Å². The van der Waals surface area contributed by atoms with E-state index >= 15 is 0 Å². The average molecular weight is 250 g/mol. The molecule has 1 aliphatic carbocycles. The van der Waals surface area contributed by atoms with Crippen LogP contribution in [0, 0.1) is 5.82 Å². The van der Waals surface area contributed by atoms with Crippen molar-refractivity contribution >= 4 is 11.6 Å². The maximum absolute atomic E-state index is 13.3. The summed E-state index contributed by atoms with van der Waals surface area (Å²) >= 11 is 0. The van der Waals surface area contributed by atoms with E-state index < -0.39 is 5.82 Å². The van der Waals surface area contributed by atoms with Gasteiger partial charge in [0.15, 0.2) is 0 Å². The first-order chi connectivity index (χ1) is 8.59. The normalized spacial score (nSPS) is 17.7. The molecular weight excluding hydrogens is 231 g/mol. The van der Waals surface area contributed by atoms with Crippen LogP contribution in [-0.4, -0.2) is 18.0 Å². The van der Waals surface area contributed by atoms with E-state index in [-0.39, 0.29) is 23.7 Å². The molecule has 0 atom stereocenters. The number of amides is 1. The highest BCUT2D eigenvalue weighted by Gasteiger charge is 2.28. The molecule has 3 nitrogen and oxygen atoms in total. The Morgan fingerprint density at radius 2 is 2.00 bits per heavy atom. The molecule has 18 heavy (non-hydrogen) atoms. The van der Waals surface area contributed by atoms with Gasteiger partial charge in [0, 0.05) is 5.54 Å². The van der Waals surface area contributed by atoms with E-state index in [4.69, 9.17) is 0 Å². The number of hydrogen-bond acceptors (Lipinski definition) is 2. The van der Waals surface area contributed by atoms with Crippen LogP contribution < -0.4 is 10.6 Å². The van der Waals surface area contributed by atoms with Crippen LogP contribution in [0.25, 0.3) is 0 Å². The van der Waals surface area contributed by atoms with Crippen molar-refractivity contribution in [3.63, 3.8) is 0 Å². The smallest absolute Gasteiger partial charge is 0.238 e. The Balaban J connectivity index is 1.84. The fourth-order valence-electron chi connectivity index (χ4n) is 2.38. The Hall–Kier alpha value is -1.42. The van der Waals surface area contributed by atoms with Crippen molar-refractivity contribution in [2.24, 2.45) is 0 Å². The summed E-state index contributed by atoms with van der Waals surface area (Å²) in [6.45, 7) is 2.36. The number of carbonyl (C=O) groups is 1. The third kappa shape index (κ3) is 3.29. The highest BCUT2D eigenvalue weighted by atomic mass is 19.1. The highest BCUT2D eigenvalue weighted by molar-refractivity contribution is 5.92. The summed E-state index contributed by atoms with van der Waals surface area (Å²) in [7, 11) is 0. The van der Waals surface area contributed by atoms with Crippen LogP contribution >= 0.6 is 0 Å². The first kappa shape index (κ1) is 13.0. The molecule has 0 aliphatic heterocycles. The van der Waals surface area contributed by atoms with E-state index in [1.165, 1.54) is 18.9 Å². The Morgan fingerprint density at radius 3 is 2.67 bits per heavy atom. The topological polar surface area (TPSA) is 41.1 Å². The summed E-state index contributed by atoms with van der Waals surface area (Å²) < 4.78 is 13.3. The second-order valence-electron chi connectivity index (χ2n) is 5.15. The van der Waals surface area contributed by atoms with Crippen molar-refractivity contribution in [2.75, 3.05) is 11.9 Å². The zero-order valence-corrected chi connectivity index (χ0v) is 10.6. The number of rotatable bonds is 4. The third-order valence-electron chi connectivity index (χ3n) is 3.53. The minimum atomic E-state index is -0.405. The summed E-state index contributed by atoms with van der Waals surface area (Å²) in [6.07, 6.45) is 4.61. The molecule has 4 heteroatoms. The maximum atomic E-state index is 13.3. The van der Waals surface area contributed by atoms with E-state index in [9.17, 15) is 9.18 Å². The maximum Gasteiger partial charge on any atom is 0.238 e. The third-order valence-corrected chi connectivity index (χ3v) is 3.53. The largest absolute Gasteiger partial charge is 0.322 e. The van der Waals surface area contributed by atoms with Gasteiger partial charge in [0.1, 0.15) is 5.82 Å². The lowest BCUT2D eigenvalue weighted by atomic mass is 10.0. The monoisotopic (exact) mass is 250 g/mol. The predicted octanol–water partition coefficient (Wildman–Crippen LogP) is 2.69. The fourth-order valence-corrected chi connectivity index (χ4v) is 2.38. The highest BCUT2D eigenvalue weighted by Crippen LogP contribution is 2.28. The standard InChI is InChI=1S/C14H19FN2O/c1-14(8-4-5-9-14)16-10-13(18)17-12-7-3-2-6-11(12)15/h2-3,6-7,16H,4-5,8-10H2,1H3,(H,17,18). The Labute approximate surface area is 107 Å². The lowest BCUT2D eigenvalue weighted by molar-refractivity contribution is -0.115. The van der Waals surface area contributed by atoms with Gasteiger partial charge in [-0.1, -0.05) is 25.0 Å². The van der Waals surface area contributed by atoms with E-state index in [0.29, 0.717) is 0 Å². The van der Waals surface area contributed by atoms with Crippen LogP contribution in [0.3, 0.4) is 0 Å². The second-order valence-corrected chi connectivity index (χ2v) is 5.15. The second kappa shape index (κ2) is 5.48. The zero-order chi connectivity index (χ0) is 13.0. The van der Waals surface area contributed by atoms with Crippen LogP contribution in [0.1, 0.15) is 32.6 Å². The first-order valence-corrected chi connectivity index (χ1v) is 6.38. The molecule has 0 bridgehead atoms. The van der Waals surface area contributed by atoms with E-state index in [0.717, 1.165) is 12.8 Å². The summed E-state index contributed by atoms with van der Waals surface area (Å²) in [5.74, 6) is -0.605. The van der Waals surface area contributed by atoms with Crippen molar-refractivity contribution in [3.8, 4) is 0 Å². The average Bonchev–Trinajstić information content (AvgIpc) is 2.77. The van der Waals surface area contributed by atoms with Crippen molar-refractivity contribution in [2.45, 2.75) is 38.1 Å². The van der Waals surface area contributed by atoms with Crippen LogP contribution in [0.2, 0.25) is 0 Å². The van der Waals surface area contributed by atoms with Crippen molar-refractivity contribution in [1.29, 1.82) is 0 Å². The zero-order valence-electron chi connectivity index (χ0n) is 10.6. The van der Waals surface area contributed by atoms with Crippen LogP contribution in [0.4, 0.5) is 10.1 Å². The molecule has 2 rings (SSSR count). The number of hydrogen-bond donors (Lipinski definition) is 2. The molecule has 1 aliphatic rings. The first-order valence-electron chi connectivity index (χ1n) is 6.38. The molecule has 0 radical (unpaired) electrons. The minimum absolute atomic E-state index is 0.0621. The molecule has 0 heterocycles. The molecule has 1 fully saturated rings. The SMILES string of the molecule is CC1(NCC(=O)Nc2ccccc2F)CCCC1. The van der Waals surface area contributed by atoms with Gasteiger partial charge in [-0.25, -0.2) is 4.39 Å². The quantitative estimate of drug-likeness (QED) is 0.862. The molecule has 0 unspecified atom stereocenters. The molecule has 0 aromatic heterocycles. The van der Waals surface area contributed by atoms with E-state index in [1.54, 1.807) is 18.2 Å². The Morgan fingerprint density at radius 1 is 1.33 bits per heavy atom. The van der Waals surface area contributed by atoms with Crippen LogP contribution in [0.5, 0.6) is 0 Å². The molecule has 0 spiro atoms. The van der Waals surface area contributed by atoms with Gasteiger partial charge in [0.05, 0.1) is 12.2 Å². The number of nitrogens with one attached hydrogen (secondary N) is 2. The van der Waals surface area contributed by atoms with Crippen molar-refractivity contribution in [3.05, 3.63) is 30.1 Å². The molecule has 1 amide bonds. The minimum Gasteiger partial charge on any atom is -0.322 e. The van der Waals surface area contributed by atoms with Gasteiger partial charge in [-0.05, 0) is 31.9 Å². The number of benzene rings is 1. The number of para-hydroxylation sites is 1. The summed E-state index contributed by atoms with van der Waals surface area (Å²) in [6, 6.07) is 6.19. The molecule has 98 valence electrons. The number of anilines is 1. The van der Waals surface area contributed by atoms with Gasteiger partial charge < -0.3 is 10.6 Å². The van der Waals surface area contributed by atoms with E-state index in [2.05, 4.69) is 17.6 Å². The molecule has 0 saturated heterocycles. The van der Waals surface area contributed by atoms with Crippen molar-refractivity contribution in [1.82, 2.24) is 5.32 Å². The summed E-state index contributed by atoms with van der Waals surface area (Å²) in [5, 5.41) is 5.84. The molecular formula is C14H19FN2O. The summed E-state index contributed by atoms with van der Waals surface area (Å²) in [5.41, 5.74) is 0.299. The predicted molar refractivity (Wildman–Crippen MR) is 69.9 cm³/mol. The molecule has 1 aromatic carbocycles. The summed E-state index contributed by atoms with van der Waals surface area (Å²) in [4.78, 5) is 11.7. The van der Waals surface area contributed by atoms with Crippen LogP contribution in [0.15, 0.2) is 24.3 Å². The number of halogens is 1. The van der Waals surface area contributed by atoms with Gasteiger partial charge in [0.25, 0.3) is 0 Å². The van der Waals surface area contributed by atoms with Gasteiger partial charge in [0.2, 0.25) is 5.91 Å². The molecule has 2 N–H and O–H groups in total. The fraction of sp³-hybridized carbons (Fsp3) is 0.500. The Kier molecular flexibility index (Phi) is 3.97. The Bertz CT molecular complexity index is 428. The number of carbonyl (C=O) groups excluding carboxylic acids is 1. The lowest BCUT2D eigenvalue weighted by Gasteiger charge is -2.24. The van der Waals surface area contributed by atoms with Gasteiger partial charge in [-0.15, -0.1) is 0 Å².